The molecule has 1 fully saturated rings. The minimum atomic E-state index is -0.878. The number of hydrogen-bond acceptors (Lipinski definition) is 5. The van der Waals surface area contributed by atoms with Crippen molar-refractivity contribution in [1.82, 2.24) is 14.7 Å². The molecule has 3 rings (SSSR count). The normalized spacial score (nSPS) is 20.0. The number of anilines is 1. The Morgan fingerprint density at radius 3 is 2.87 bits per heavy atom. The molecule has 124 valence electrons. The smallest absolute Gasteiger partial charge is 0.161 e. The Bertz CT molecular complexity index is 697. The first-order valence-electron chi connectivity index (χ1n) is 7.73. The van der Waals surface area contributed by atoms with Gasteiger partial charge in [0.25, 0.3) is 0 Å². The van der Waals surface area contributed by atoms with E-state index < -0.39 is 11.6 Å². The van der Waals surface area contributed by atoms with E-state index in [1.807, 2.05) is 6.26 Å². The van der Waals surface area contributed by atoms with Gasteiger partial charge >= 0.3 is 0 Å². The molecule has 0 bridgehead atoms. The Labute approximate surface area is 138 Å². The third-order valence-electron chi connectivity index (χ3n) is 4.42. The number of nitrogens with one attached hydrogen (secondary N) is 1. The predicted molar refractivity (Wildman–Crippen MR) is 90.5 cm³/mol. The highest BCUT2D eigenvalue weighted by Crippen LogP contribution is 2.29. The molecule has 7 heteroatoms. The summed E-state index contributed by atoms with van der Waals surface area (Å²) in [5.74, 6) is -0.558. The summed E-state index contributed by atoms with van der Waals surface area (Å²) in [4.78, 5) is 10.6. The van der Waals surface area contributed by atoms with Gasteiger partial charge in [0, 0.05) is 30.6 Å². The Morgan fingerprint density at radius 1 is 1.30 bits per heavy atom. The van der Waals surface area contributed by atoms with Gasteiger partial charge in [0.15, 0.2) is 11.6 Å². The summed E-state index contributed by atoms with van der Waals surface area (Å²) in [6.07, 6.45) is 5.64. The van der Waals surface area contributed by atoms with Gasteiger partial charge in [-0.25, -0.2) is 18.7 Å². The Kier molecular flexibility index (Phi) is 4.96. The highest BCUT2D eigenvalue weighted by Gasteiger charge is 2.26. The number of aromatic nitrogens is 2. The van der Waals surface area contributed by atoms with Gasteiger partial charge in [0.1, 0.15) is 12.1 Å². The zero-order valence-electron chi connectivity index (χ0n) is 13.2. The average Bonchev–Trinajstić information content (AvgIpc) is 2.56. The van der Waals surface area contributed by atoms with E-state index in [1.54, 1.807) is 11.9 Å². The first-order chi connectivity index (χ1) is 11.1. The second-order valence-electron chi connectivity index (χ2n) is 5.94. The van der Waals surface area contributed by atoms with Crippen molar-refractivity contribution in [3.8, 4) is 0 Å². The largest absolute Gasteiger partial charge is 0.356 e. The average molecular weight is 338 g/mol. The second kappa shape index (κ2) is 6.97. The third-order valence-corrected chi connectivity index (χ3v) is 5.03. The summed E-state index contributed by atoms with van der Waals surface area (Å²) >= 11 is 1.62. The molecule has 2 heterocycles. The van der Waals surface area contributed by atoms with Crippen molar-refractivity contribution >= 4 is 28.7 Å². The Hall–Kier alpha value is -1.47. The van der Waals surface area contributed by atoms with E-state index in [9.17, 15) is 8.78 Å². The quantitative estimate of drug-likeness (QED) is 0.866. The Morgan fingerprint density at radius 2 is 2.09 bits per heavy atom. The lowest BCUT2D eigenvalue weighted by Crippen LogP contribution is -2.43. The van der Waals surface area contributed by atoms with Crippen molar-refractivity contribution in [3.05, 3.63) is 30.1 Å². The standard InChI is InChI=1S/C16H20F2N4S/c1-10(21-23-2)11-4-3-5-22(8-11)16-12-6-13(17)14(18)7-15(12)19-9-20-16/h6-7,9-11,21H,3-5,8H2,1-2H3. The molecule has 2 unspecified atom stereocenters. The van der Waals surface area contributed by atoms with E-state index in [2.05, 4.69) is 26.5 Å². The third kappa shape index (κ3) is 3.40. The summed E-state index contributed by atoms with van der Waals surface area (Å²) in [6.45, 7) is 3.89. The zero-order valence-corrected chi connectivity index (χ0v) is 14.0. The van der Waals surface area contributed by atoms with Crippen molar-refractivity contribution in [2.24, 2.45) is 5.92 Å². The molecule has 1 aliphatic heterocycles. The van der Waals surface area contributed by atoms with Crippen molar-refractivity contribution in [2.45, 2.75) is 25.8 Å². The molecule has 1 saturated heterocycles. The fourth-order valence-corrected chi connectivity index (χ4v) is 3.75. The summed E-state index contributed by atoms with van der Waals surface area (Å²) in [6, 6.07) is 2.72. The molecule has 23 heavy (non-hydrogen) atoms. The van der Waals surface area contributed by atoms with Crippen LogP contribution in [0.3, 0.4) is 0 Å². The monoisotopic (exact) mass is 338 g/mol. The van der Waals surface area contributed by atoms with Crippen LogP contribution in [-0.2, 0) is 0 Å². The topological polar surface area (TPSA) is 41.0 Å². The van der Waals surface area contributed by atoms with Crippen LogP contribution in [0.5, 0.6) is 0 Å². The lowest BCUT2D eigenvalue weighted by Gasteiger charge is -2.36. The van der Waals surface area contributed by atoms with Crippen LogP contribution in [0, 0.1) is 17.6 Å². The summed E-state index contributed by atoms with van der Waals surface area (Å²) in [7, 11) is 0. The van der Waals surface area contributed by atoms with Crippen LogP contribution in [-0.4, -0.2) is 35.4 Å². The Balaban J connectivity index is 1.91. The highest BCUT2D eigenvalue weighted by atomic mass is 32.2. The van der Waals surface area contributed by atoms with E-state index >= 15 is 0 Å². The summed E-state index contributed by atoms with van der Waals surface area (Å²) < 4.78 is 30.4. The molecule has 1 N–H and O–H groups in total. The lowest BCUT2D eigenvalue weighted by molar-refractivity contribution is 0.352. The fraction of sp³-hybridized carbons (Fsp3) is 0.500. The van der Waals surface area contributed by atoms with Crippen molar-refractivity contribution in [3.63, 3.8) is 0 Å². The van der Waals surface area contributed by atoms with Crippen molar-refractivity contribution in [1.29, 1.82) is 0 Å². The predicted octanol–water partition coefficient (Wildman–Crippen LogP) is 3.38. The number of halogens is 2. The van der Waals surface area contributed by atoms with Crippen LogP contribution >= 0.6 is 11.9 Å². The van der Waals surface area contributed by atoms with Gasteiger partial charge in [0.2, 0.25) is 0 Å². The molecular weight excluding hydrogens is 318 g/mol. The fourth-order valence-electron chi connectivity index (χ4n) is 3.18. The molecule has 1 aliphatic rings. The van der Waals surface area contributed by atoms with Crippen LogP contribution in [0.4, 0.5) is 14.6 Å². The first-order valence-corrected chi connectivity index (χ1v) is 8.96. The summed E-state index contributed by atoms with van der Waals surface area (Å²) in [5.41, 5.74) is 0.436. The first kappa shape index (κ1) is 16.4. The number of nitrogens with zero attached hydrogens (tertiary/aromatic N) is 3. The van der Waals surface area contributed by atoms with Crippen LogP contribution < -0.4 is 9.62 Å². The van der Waals surface area contributed by atoms with Gasteiger partial charge in [-0.3, -0.25) is 4.72 Å². The summed E-state index contributed by atoms with van der Waals surface area (Å²) in [5, 5.41) is 0.567. The number of rotatable bonds is 4. The number of hydrogen-bond donors (Lipinski definition) is 1. The van der Waals surface area contributed by atoms with E-state index in [0.717, 1.165) is 32.0 Å². The second-order valence-corrected chi connectivity index (χ2v) is 6.58. The molecule has 1 aromatic carbocycles. The maximum atomic E-state index is 13.6. The van der Waals surface area contributed by atoms with Crippen LogP contribution in [0.25, 0.3) is 10.9 Å². The molecule has 2 atom stereocenters. The molecule has 2 aromatic rings. The molecule has 4 nitrogen and oxygen atoms in total. The highest BCUT2D eigenvalue weighted by molar-refractivity contribution is 7.96. The minimum absolute atomic E-state index is 0.384. The zero-order chi connectivity index (χ0) is 16.4. The minimum Gasteiger partial charge on any atom is -0.356 e. The molecule has 0 amide bonds. The molecule has 0 aliphatic carbocycles. The SMILES string of the molecule is CSNC(C)C1CCCN(c2ncnc3cc(F)c(F)cc23)C1. The van der Waals surface area contributed by atoms with Gasteiger partial charge in [-0.2, -0.15) is 0 Å². The maximum absolute atomic E-state index is 13.6. The lowest BCUT2D eigenvalue weighted by atomic mass is 9.92. The van der Waals surface area contributed by atoms with E-state index in [-0.39, 0.29) is 0 Å². The van der Waals surface area contributed by atoms with Crippen LogP contribution in [0.15, 0.2) is 18.5 Å². The van der Waals surface area contributed by atoms with Gasteiger partial charge in [-0.15, -0.1) is 0 Å². The van der Waals surface area contributed by atoms with E-state index in [4.69, 9.17) is 0 Å². The molecule has 1 aromatic heterocycles. The van der Waals surface area contributed by atoms with Gasteiger partial charge < -0.3 is 4.90 Å². The number of piperidine rings is 1. The maximum Gasteiger partial charge on any atom is 0.161 e. The number of benzene rings is 1. The molecular formula is C16H20F2N4S. The van der Waals surface area contributed by atoms with Crippen LogP contribution in [0.2, 0.25) is 0 Å². The van der Waals surface area contributed by atoms with Gasteiger partial charge in [-0.05, 0) is 38.0 Å². The van der Waals surface area contributed by atoms with Crippen molar-refractivity contribution < 1.29 is 8.78 Å². The van der Waals surface area contributed by atoms with Crippen molar-refractivity contribution in [2.75, 3.05) is 24.2 Å². The molecule has 0 radical (unpaired) electrons. The van der Waals surface area contributed by atoms with E-state index in [0.29, 0.717) is 28.7 Å². The molecule has 0 spiro atoms. The van der Waals surface area contributed by atoms with Crippen LogP contribution in [0.1, 0.15) is 19.8 Å². The molecule has 0 saturated carbocycles. The van der Waals surface area contributed by atoms with Gasteiger partial charge in [0.05, 0.1) is 5.52 Å². The van der Waals surface area contributed by atoms with Gasteiger partial charge in [-0.1, -0.05) is 11.9 Å². The number of fused-ring (bicyclic) bond motifs is 1. The van der Waals surface area contributed by atoms with E-state index in [1.165, 1.54) is 12.4 Å².